The van der Waals surface area contributed by atoms with E-state index in [1.54, 1.807) is 20.8 Å². The molecule has 0 radical (unpaired) electrons. The molecule has 166 valence electrons. The van der Waals surface area contributed by atoms with Crippen LogP contribution in [0.5, 0.6) is 0 Å². The number of alkyl halides is 3. The fourth-order valence-corrected chi connectivity index (χ4v) is 3.15. The first-order valence-electron chi connectivity index (χ1n) is 9.77. The number of carbonyl (C=O) groups is 3. The normalized spacial score (nSPS) is 16.7. The summed E-state index contributed by atoms with van der Waals surface area (Å²) in [5, 5.41) is 2.58. The molecule has 0 aliphatic carbocycles. The van der Waals surface area contributed by atoms with Gasteiger partial charge in [-0.3, -0.25) is 9.59 Å². The second-order valence-electron chi connectivity index (χ2n) is 8.41. The maximum atomic E-state index is 12.8. The molecule has 0 aromatic heterocycles. The van der Waals surface area contributed by atoms with E-state index in [9.17, 15) is 27.6 Å². The van der Waals surface area contributed by atoms with Gasteiger partial charge < -0.3 is 15.0 Å². The average molecular weight is 428 g/mol. The van der Waals surface area contributed by atoms with Crippen LogP contribution in [-0.2, 0) is 15.7 Å². The van der Waals surface area contributed by atoms with E-state index in [1.165, 1.54) is 17.9 Å². The molecule has 0 bridgehead atoms. The van der Waals surface area contributed by atoms with Crippen LogP contribution >= 0.6 is 0 Å². The predicted molar refractivity (Wildman–Crippen MR) is 104 cm³/mol. The SMILES string of the molecule is CC(NC(=O)C1CCN(C(=O)OC(C)(C)C)CC1)C(=O)c1cccc(C(F)(F)F)c1. The Labute approximate surface area is 173 Å². The first-order chi connectivity index (χ1) is 13.8. The molecule has 1 heterocycles. The molecule has 1 N–H and O–H groups in total. The molecule has 1 fully saturated rings. The summed E-state index contributed by atoms with van der Waals surface area (Å²) in [5.41, 5.74) is -1.64. The molecule has 1 unspecified atom stereocenters. The number of piperidine rings is 1. The van der Waals surface area contributed by atoms with Gasteiger partial charge in [-0.2, -0.15) is 13.2 Å². The number of amides is 2. The van der Waals surface area contributed by atoms with Crippen LogP contribution in [0.4, 0.5) is 18.0 Å². The molecule has 0 spiro atoms. The molecule has 2 rings (SSSR count). The van der Waals surface area contributed by atoms with Gasteiger partial charge in [0.1, 0.15) is 5.60 Å². The summed E-state index contributed by atoms with van der Waals surface area (Å²) in [7, 11) is 0. The number of benzene rings is 1. The third-order valence-corrected chi connectivity index (χ3v) is 4.74. The van der Waals surface area contributed by atoms with Crippen LogP contribution in [0.15, 0.2) is 24.3 Å². The molecule has 30 heavy (non-hydrogen) atoms. The number of ether oxygens (including phenoxy) is 1. The molecule has 1 aromatic rings. The lowest BCUT2D eigenvalue weighted by Crippen LogP contribution is -2.47. The van der Waals surface area contributed by atoms with Gasteiger partial charge in [-0.05, 0) is 52.7 Å². The Morgan fingerprint density at radius 1 is 1.13 bits per heavy atom. The number of halogens is 3. The highest BCUT2D eigenvalue weighted by molar-refractivity contribution is 6.02. The van der Waals surface area contributed by atoms with Crippen LogP contribution in [0.25, 0.3) is 0 Å². The van der Waals surface area contributed by atoms with Gasteiger partial charge in [0.15, 0.2) is 5.78 Å². The molecule has 1 saturated heterocycles. The van der Waals surface area contributed by atoms with Crippen molar-refractivity contribution in [2.45, 2.75) is 58.4 Å². The monoisotopic (exact) mass is 428 g/mol. The van der Waals surface area contributed by atoms with Gasteiger partial charge in [0, 0.05) is 24.6 Å². The predicted octanol–water partition coefficient (Wildman–Crippen LogP) is 4.04. The van der Waals surface area contributed by atoms with E-state index < -0.39 is 35.3 Å². The molecule has 0 saturated carbocycles. The first kappa shape index (κ1) is 23.7. The Bertz CT molecular complexity index is 794. The van der Waals surface area contributed by atoms with E-state index in [0.29, 0.717) is 25.9 Å². The molecule has 1 aromatic carbocycles. The number of rotatable bonds is 4. The van der Waals surface area contributed by atoms with Crippen molar-refractivity contribution in [3.05, 3.63) is 35.4 Å². The van der Waals surface area contributed by atoms with Crippen LogP contribution in [0.2, 0.25) is 0 Å². The highest BCUT2D eigenvalue weighted by Gasteiger charge is 2.33. The zero-order chi connectivity index (χ0) is 22.7. The maximum absolute atomic E-state index is 12.8. The Morgan fingerprint density at radius 2 is 1.73 bits per heavy atom. The standard InChI is InChI=1S/C21H27F3N2O4/c1-13(17(27)15-6-5-7-16(12-15)21(22,23)24)25-18(28)14-8-10-26(11-9-14)19(29)30-20(2,3)4/h5-7,12-14H,8-11H2,1-4H3,(H,25,28). The summed E-state index contributed by atoms with van der Waals surface area (Å²) in [4.78, 5) is 38.6. The van der Waals surface area contributed by atoms with Gasteiger partial charge >= 0.3 is 12.3 Å². The average Bonchev–Trinajstić information content (AvgIpc) is 2.65. The number of Topliss-reactive ketones (excluding diaryl/α,β-unsaturated/α-hetero) is 1. The number of carbonyl (C=O) groups excluding carboxylic acids is 3. The van der Waals surface area contributed by atoms with Crippen LogP contribution in [0.1, 0.15) is 56.5 Å². The minimum atomic E-state index is -4.55. The fraction of sp³-hybridized carbons (Fsp3) is 0.571. The number of likely N-dealkylation sites (tertiary alicyclic amines) is 1. The summed E-state index contributed by atoms with van der Waals surface area (Å²) in [5.74, 6) is -1.34. The first-order valence-corrected chi connectivity index (χ1v) is 9.77. The van der Waals surface area contributed by atoms with Gasteiger partial charge in [-0.25, -0.2) is 4.79 Å². The van der Waals surface area contributed by atoms with Crippen LogP contribution in [0, 0.1) is 5.92 Å². The Morgan fingerprint density at radius 3 is 2.27 bits per heavy atom. The summed E-state index contributed by atoms with van der Waals surface area (Å²) in [6.45, 7) is 7.46. The highest BCUT2D eigenvalue weighted by atomic mass is 19.4. The topological polar surface area (TPSA) is 75.7 Å². The van der Waals surface area contributed by atoms with E-state index in [4.69, 9.17) is 4.74 Å². The number of hydrogen-bond acceptors (Lipinski definition) is 4. The minimum Gasteiger partial charge on any atom is -0.444 e. The molecule has 9 heteroatoms. The molecule has 6 nitrogen and oxygen atoms in total. The van der Waals surface area contributed by atoms with Gasteiger partial charge in [-0.1, -0.05) is 12.1 Å². The fourth-order valence-electron chi connectivity index (χ4n) is 3.15. The van der Waals surface area contributed by atoms with Gasteiger partial charge in [0.25, 0.3) is 0 Å². The van der Waals surface area contributed by atoms with Crippen molar-refractivity contribution in [2.75, 3.05) is 13.1 Å². The van der Waals surface area contributed by atoms with Crippen molar-refractivity contribution in [2.24, 2.45) is 5.92 Å². The molecular formula is C21H27F3N2O4. The third-order valence-electron chi connectivity index (χ3n) is 4.74. The van der Waals surface area contributed by atoms with Crippen molar-refractivity contribution in [1.82, 2.24) is 10.2 Å². The molecule has 2 amide bonds. The molecule has 1 aliphatic rings. The summed E-state index contributed by atoms with van der Waals surface area (Å²) in [6, 6.07) is 3.16. The zero-order valence-corrected chi connectivity index (χ0v) is 17.5. The Balaban J connectivity index is 1.91. The second-order valence-corrected chi connectivity index (χ2v) is 8.41. The van der Waals surface area contributed by atoms with Crippen molar-refractivity contribution >= 4 is 17.8 Å². The van der Waals surface area contributed by atoms with E-state index in [2.05, 4.69) is 5.32 Å². The van der Waals surface area contributed by atoms with Crippen molar-refractivity contribution in [1.29, 1.82) is 0 Å². The lowest BCUT2D eigenvalue weighted by atomic mass is 9.95. The second kappa shape index (κ2) is 9.06. The van der Waals surface area contributed by atoms with E-state index >= 15 is 0 Å². The van der Waals surface area contributed by atoms with Crippen LogP contribution in [0.3, 0.4) is 0 Å². The molecule has 1 atom stereocenters. The highest BCUT2D eigenvalue weighted by Crippen LogP contribution is 2.29. The lowest BCUT2D eigenvalue weighted by Gasteiger charge is -2.33. The van der Waals surface area contributed by atoms with Crippen LogP contribution < -0.4 is 5.32 Å². The summed E-state index contributed by atoms with van der Waals surface area (Å²) < 4.78 is 43.9. The number of nitrogens with zero attached hydrogens (tertiary/aromatic N) is 1. The molecule has 1 aliphatic heterocycles. The minimum absolute atomic E-state index is 0.114. The Hall–Kier alpha value is -2.58. The van der Waals surface area contributed by atoms with Gasteiger partial charge in [0.05, 0.1) is 11.6 Å². The number of hydrogen-bond donors (Lipinski definition) is 1. The number of ketones is 1. The summed E-state index contributed by atoms with van der Waals surface area (Å²) in [6.07, 6.45) is -4.16. The summed E-state index contributed by atoms with van der Waals surface area (Å²) >= 11 is 0. The van der Waals surface area contributed by atoms with Crippen LogP contribution in [-0.4, -0.2) is 47.4 Å². The van der Waals surface area contributed by atoms with Crippen molar-refractivity contribution < 1.29 is 32.3 Å². The quantitative estimate of drug-likeness (QED) is 0.735. The largest absolute Gasteiger partial charge is 0.444 e. The third kappa shape index (κ3) is 6.47. The lowest BCUT2D eigenvalue weighted by molar-refractivity contribution is -0.137. The van der Waals surface area contributed by atoms with E-state index in [1.807, 2.05) is 0 Å². The van der Waals surface area contributed by atoms with Gasteiger partial charge in [-0.15, -0.1) is 0 Å². The van der Waals surface area contributed by atoms with Gasteiger partial charge in [0.2, 0.25) is 5.91 Å². The van der Waals surface area contributed by atoms with Crippen molar-refractivity contribution in [3.8, 4) is 0 Å². The maximum Gasteiger partial charge on any atom is 0.416 e. The Kier molecular flexibility index (Phi) is 7.15. The molecular weight excluding hydrogens is 401 g/mol. The van der Waals surface area contributed by atoms with E-state index in [-0.39, 0.29) is 17.4 Å². The smallest absolute Gasteiger partial charge is 0.416 e. The van der Waals surface area contributed by atoms with Crippen molar-refractivity contribution in [3.63, 3.8) is 0 Å². The zero-order valence-electron chi connectivity index (χ0n) is 17.5. The van der Waals surface area contributed by atoms with E-state index in [0.717, 1.165) is 18.2 Å². The number of nitrogens with one attached hydrogen (secondary N) is 1.